The van der Waals surface area contributed by atoms with Crippen LogP contribution in [0.5, 0.6) is 5.75 Å². The van der Waals surface area contributed by atoms with Crippen molar-refractivity contribution in [2.24, 2.45) is 0 Å². The first-order valence-electron chi connectivity index (χ1n) is 7.30. The maximum atomic E-state index is 9.78. The summed E-state index contributed by atoms with van der Waals surface area (Å²) in [6.45, 7) is 1.80. The number of aliphatic hydroxyl groups is 1. The maximum Gasteiger partial charge on any atom is 0.154 e. The normalized spacial score (nSPS) is 13.5. The monoisotopic (exact) mass is 293 g/mol. The van der Waals surface area contributed by atoms with Crippen LogP contribution in [0.1, 0.15) is 12.5 Å². The van der Waals surface area contributed by atoms with E-state index in [1.54, 1.807) is 0 Å². The van der Waals surface area contributed by atoms with Crippen molar-refractivity contribution in [3.8, 4) is 11.4 Å². The number of benzene rings is 2. The second-order valence-corrected chi connectivity index (χ2v) is 5.44. The molecule has 3 nitrogen and oxygen atoms in total. The third-order valence-corrected chi connectivity index (χ3v) is 3.77. The molecule has 0 radical (unpaired) electrons. The standard InChI is InChI=1S/C19H19NO2/c1-19(15-21,16-7-3-2-4-8-16)22-18-11-9-17(10-12-18)20-13-5-6-14-20/h2-14,21H,15H2,1H3. The van der Waals surface area contributed by atoms with Crippen LogP contribution in [0.15, 0.2) is 79.1 Å². The van der Waals surface area contributed by atoms with Crippen LogP contribution in [-0.4, -0.2) is 16.3 Å². The third-order valence-electron chi connectivity index (χ3n) is 3.77. The Morgan fingerprint density at radius 1 is 0.909 bits per heavy atom. The van der Waals surface area contributed by atoms with Crippen molar-refractivity contribution >= 4 is 0 Å². The summed E-state index contributed by atoms with van der Waals surface area (Å²) in [5, 5.41) is 9.78. The summed E-state index contributed by atoms with van der Waals surface area (Å²) in [5.74, 6) is 0.733. The highest BCUT2D eigenvalue weighted by Gasteiger charge is 2.27. The minimum absolute atomic E-state index is 0.0869. The Balaban J connectivity index is 1.82. The van der Waals surface area contributed by atoms with E-state index in [0.717, 1.165) is 17.0 Å². The van der Waals surface area contributed by atoms with Gasteiger partial charge in [0.15, 0.2) is 5.60 Å². The second kappa shape index (κ2) is 6.08. The predicted molar refractivity (Wildman–Crippen MR) is 87.3 cm³/mol. The third kappa shape index (κ3) is 2.90. The molecule has 2 aromatic carbocycles. The Hall–Kier alpha value is -2.52. The summed E-state index contributed by atoms with van der Waals surface area (Å²) in [7, 11) is 0. The van der Waals surface area contributed by atoms with E-state index in [4.69, 9.17) is 4.74 Å². The van der Waals surface area contributed by atoms with Gasteiger partial charge in [-0.3, -0.25) is 0 Å². The molecule has 1 atom stereocenters. The average Bonchev–Trinajstić information content (AvgIpc) is 3.11. The lowest BCUT2D eigenvalue weighted by atomic mass is 9.96. The fourth-order valence-electron chi connectivity index (χ4n) is 2.43. The number of rotatable bonds is 5. The first kappa shape index (κ1) is 14.4. The van der Waals surface area contributed by atoms with Crippen LogP contribution in [0.3, 0.4) is 0 Å². The second-order valence-electron chi connectivity index (χ2n) is 5.44. The van der Waals surface area contributed by atoms with Crippen LogP contribution in [0.25, 0.3) is 5.69 Å². The SMILES string of the molecule is CC(CO)(Oc1ccc(-n2cccc2)cc1)c1ccccc1. The molecule has 0 fully saturated rings. The van der Waals surface area contributed by atoms with Crippen LogP contribution in [0.4, 0.5) is 0 Å². The highest BCUT2D eigenvalue weighted by atomic mass is 16.5. The molecule has 1 heterocycles. The van der Waals surface area contributed by atoms with Crippen molar-refractivity contribution in [1.82, 2.24) is 4.57 Å². The van der Waals surface area contributed by atoms with Crippen LogP contribution < -0.4 is 4.74 Å². The molecule has 112 valence electrons. The summed E-state index contributed by atoms with van der Waals surface area (Å²) in [5.41, 5.74) is 1.27. The van der Waals surface area contributed by atoms with Gasteiger partial charge in [0.05, 0.1) is 6.61 Å². The molecule has 0 aliphatic heterocycles. The molecular formula is C19H19NO2. The molecule has 1 aromatic heterocycles. The summed E-state index contributed by atoms with van der Waals surface area (Å²) in [6.07, 6.45) is 4.00. The molecule has 0 spiro atoms. The lowest BCUT2D eigenvalue weighted by Gasteiger charge is -2.29. The molecule has 1 unspecified atom stereocenters. The van der Waals surface area contributed by atoms with E-state index in [1.807, 2.05) is 90.6 Å². The minimum atomic E-state index is -0.754. The van der Waals surface area contributed by atoms with E-state index in [9.17, 15) is 5.11 Å². The minimum Gasteiger partial charge on any atom is -0.480 e. The molecular weight excluding hydrogens is 274 g/mol. The van der Waals surface area contributed by atoms with Gasteiger partial charge in [0, 0.05) is 18.1 Å². The molecule has 0 bridgehead atoms. The Morgan fingerprint density at radius 3 is 2.14 bits per heavy atom. The van der Waals surface area contributed by atoms with Crippen molar-refractivity contribution in [2.75, 3.05) is 6.61 Å². The molecule has 22 heavy (non-hydrogen) atoms. The Bertz CT molecular complexity index is 705. The zero-order chi connectivity index (χ0) is 15.4. The number of aliphatic hydroxyl groups excluding tert-OH is 1. The van der Waals surface area contributed by atoms with Crippen molar-refractivity contribution in [3.05, 3.63) is 84.7 Å². The summed E-state index contributed by atoms with van der Waals surface area (Å²) >= 11 is 0. The quantitative estimate of drug-likeness (QED) is 0.777. The van der Waals surface area contributed by atoms with Gasteiger partial charge in [-0.05, 0) is 48.9 Å². The average molecular weight is 293 g/mol. The van der Waals surface area contributed by atoms with Gasteiger partial charge in [0.2, 0.25) is 0 Å². The molecule has 3 aromatic rings. The van der Waals surface area contributed by atoms with E-state index in [2.05, 4.69) is 0 Å². The van der Waals surface area contributed by atoms with Gasteiger partial charge in [-0.2, -0.15) is 0 Å². The van der Waals surface area contributed by atoms with E-state index >= 15 is 0 Å². The van der Waals surface area contributed by atoms with E-state index in [1.165, 1.54) is 0 Å². The van der Waals surface area contributed by atoms with Gasteiger partial charge in [0.25, 0.3) is 0 Å². The Morgan fingerprint density at radius 2 is 1.55 bits per heavy atom. The van der Waals surface area contributed by atoms with Crippen molar-refractivity contribution in [2.45, 2.75) is 12.5 Å². The van der Waals surface area contributed by atoms with Gasteiger partial charge in [-0.15, -0.1) is 0 Å². The number of nitrogens with zero attached hydrogens (tertiary/aromatic N) is 1. The number of hydrogen-bond acceptors (Lipinski definition) is 2. The van der Waals surface area contributed by atoms with Crippen LogP contribution in [0.2, 0.25) is 0 Å². The molecule has 0 amide bonds. The van der Waals surface area contributed by atoms with Crippen molar-refractivity contribution in [1.29, 1.82) is 0 Å². The molecule has 0 aliphatic rings. The molecule has 3 heteroatoms. The van der Waals surface area contributed by atoms with Crippen molar-refractivity contribution in [3.63, 3.8) is 0 Å². The first-order valence-corrected chi connectivity index (χ1v) is 7.30. The van der Waals surface area contributed by atoms with E-state index in [0.29, 0.717) is 0 Å². The maximum absolute atomic E-state index is 9.78. The fourth-order valence-corrected chi connectivity index (χ4v) is 2.43. The van der Waals surface area contributed by atoms with Crippen LogP contribution >= 0.6 is 0 Å². The largest absolute Gasteiger partial charge is 0.480 e. The molecule has 1 N–H and O–H groups in total. The highest BCUT2D eigenvalue weighted by Crippen LogP contribution is 2.28. The summed E-state index contributed by atoms with van der Waals surface area (Å²) < 4.78 is 8.08. The lowest BCUT2D eigenvalue weighted by Crippen LogP contribution is -2.33. The van der Waals surface area contributed by atoms with Gasteiger partial charge in [-0.25, -0.2) is 0 Å². The first-order chi connectivity index (χ1) is 10.7. The van der Waals surface area contributed by atoms with Crippen LogP contribution in [0, 0.1) is 0 Å². The predicted octanol–water partition coefficient (Wildman–Crippen LogP) is 3.76. The molecule has 0 saturated carbocycles. The number of hydrogen-bond donors (Lipinski definition) is 1. The Labute approximate surface area is 130 Å². The van der Waals surface area contributed by atoms with Gasteiger partial charge in [-0.1, -0.05) is 30.3 Å². The molecule has 0 saturated heterocycles. The van der Waals surface area contributed by atoms with Crippen LogP contribution in [-0.2, 0) is 5.60 Å². The zero-order valence-corrected chi connectivity index (χ0v) is 12.5. The van der Waals surface area contributed by atoms with Gasteiger partial charge < -0.3 is 14.4 Å². The lowest BCUT2D eigenvalue weighted by molar-refractivity contribution is 0.0216. The van der Waals surface area contributed by atoms with Gasteiger partial charge >= 0.3 is 0 Å². The number of ether oxygens (including phenoxy) is 1. The topological polar surface area (TPSA) is 34.4 Å². The fraction of sp³-hybridized carbons (Fsp3) is 0.158. The smallest absolute Gasteiger partial charge is 0.154 e. The summed E-state index contributed by atoms with van der Waals surface area (Å²) in [6, 6.07) is 21.6. The van der Waals surface area contributed by atoms with Crippen molar-refractivity contribution < 1.29 is 9.84 Å². The highest BCUT2D eigenvalue weighted by molar-refractivity contribution is 5.38. The molecule has 3 rings (SSSR count). The summed E-state index contributed by atoms with van der Waals surface area (Å²) in [4.78, 5) is 0. The Kier molecular flexibility index (Phi) is 3.98. The molecule has 0 aliphatic carbocycles. The van der Waals surface area contributed by atoms with E-state index in [-0.39, 0.29) is 6.61 Å². The zero-order valence-electron chi connectivity index (χ0n) is 12.5. The number of aromatic nitrogens is 1. The van der Waals surface area contributed by atoms with E-state index < -0.39 is 5.60 Å². The van der Waals surface area contributed by atoms with Gasteiger partial charge in [0.1, 0.15) is 5.75 Å².